The molecule has 0 aliphatic rings. The van der Waals surface area contributed by atoms with Crippen molar-refractivity contribution in [1.29, 1.82) is 0 Å². The third-order valence-corrected chi connectivity index (χ3v) is 3.87. The first-order valence-corrected chi connectivity index (χ1v) is 9.01. The lowest BCUT2D eigenvalue weighted by Crippen LogP contribution is -2.32. The van der Waals surface area contributed by atoms with E-state index in [1.165, 1.54) is 5.56 Å². The van der Waals surface area contributed by atoms with Gasteiger partial charge in [-0.15, -0.1) is 24.0 Å². The lowest BCUT2D eigenvalue weighted by molar-refractivity contribution is 0.242. The van der Waals surface area contributed by atoms with Crippen LogP contribution in [-0.2, 0) is 6.42 Å². The van der Waals surface area contributed by atoms with E-state index in [1.807, 2.05) is 44.2 Å². The molecule has 2 N–H and O–H groups in total. The Kier molecular flexibility index (Phi) is 10.5. The maximum absolute atomic E-state index is 5.67. The van der Waals surface area contributed by atoms with Crippen molar-refractivity contribution in [2.45, 2.75) is 26.4 Å². The molecular formula is C21H30IN3O3. The topological polar surface area (TPSA) is 64.1 Å². The summed E-state index contributed by atoms with van der Waals surface area (Å²) in [6.07, 6.45) is 1.07. The number of methoxy groups -OCH3 is 2. The summed E-state index contributed by atoms with van der Waals surface area (Å²) in [4.78, 5) is 4.26. The number of anilines is 1. The zero-order valence-corrected chi connectivity index (χ0v) is 19.4. The Bertz CT molecular complexity index is 749. The van der Waals surface area contributed by atoms with Gasteiger partial charge >= 0.3 is 0 Å². The lowest BCUT2D eigenvalue weighted by atomic mass is 10.1. The fraction of sp³-hybridized carbons (Fsp3) is 0.381. The van der Waals surface area contributed by atoms with Crippen LogP contribution < -0.4 is 24.8 Å². The highest BCUT2D eigenvalue weighted by molar-refractivity contribution is 14.0. The van der Waals surface area contributed by atoms with Gasteiger partial charge in [-0.2, -0.15) is 0 Å². The van der Waals surface area contributed by atoms with Gasteiger partial charge in [0.25, 0.3) is 0 Å². The van der Waals surface area contributed by atoms with Gasteiger partial charge < -0.3 is 24.8 Å². The number of ether oxygens (including phenoxy) is 3. The Morgan fingerprint density at radius 2 is 1.68 bits per heavy atom. The molecule has 0 atom stereocenters. The first-order valence-electron chi connectivity index (χ1n) is 9.01. The smallest absolute Gasteiger partial charge is 0.195 e. The zero-order chi connectivity index (χ0) is 19.6. The van der Waals surface area contributed by atoms with Gasteiger partial charge in [0.15, 0.2) is 17.5 Å². The summed E-state index contributed by atoms with van der Waals surface area (Å²) in [7, 11) is 4.98. The number of hydrogen-bond donors (Lipinski definition) is 2. The van der Waals surface area contributed by atoms with Gasteiger partial charge in [0.05, 0.1) is 20.3 Å². The number of nitrogens with one attached hydrogen (secondary N) is 2. The summed E-state index contributed by atoms with van der Waals surface area (Å²) in [6, 6.07) is 13.8. The van der Waals surface area contributed by atoms with E-state index in [2.05, 4.69) is 27.8 Å². The van der Waals surface area contributed by atoms with E-state index in [1.54, 1.807) is 21.3 Å². The number of benzene rings is 2. The van der Waals surface area contributed by atoms with Crippen LogP contribution in [0.25, 0.3) is 0 Å². The predicted octanol–water partition coefficient (Wildman–Crippen LogP) is 4.34. The van der Waals surface area contributed by atoms with Gasteiger partial charge in [-0.3, -0.25) is 4.99 Å². The fourth-order valence-electron chi connectivity index (χ4n) is 2.56. The average molecular weight is 499 g/mol. The highest BCUT2D eigenvalue weighted by atomic mass is 127. The number of rotatable bonds is 8. The predicted molar refractivity (Wildman–Crippen MR) is 126 cm³/mol. The lowest BCUT2D eigenvalue weighted by Gasteiger charge is -2.14. The van der Waals surface area contributed by atoms with Crippen LogP contribution in [0.5, 0.6) is 17.2 Å². The van der Waals surface area contributed by atoms with Crippen molar-refractivity contribution in [3.05, 3.63) is 48.0 Å². The van der Waals surface area contributed by atoms with Gasteiger partial charge in [0.2, 0.25) is 0 Å². The van der Waals surface area contributed by atoms with Crippen LogP contribution >= 0.6 is 24.0 Å². The second-order valence-corrected chi connectivity index (χ2v) is 6.25. The van der Waals surface area contributed by atoms with Crippen LogP contribution in [0.3, 0.4) is 0 Å². The Morgan fingerprint density at radius 1 is 1.00 bits per heavy atom. The number of halogens is 1. The summed E-state index contributed by atoms with van der Waals surface area (Å²) in [5, 5.41) is 6.57. The van der Waals surface area contributed by atoms with Gasteiger partial charge in [0, 0.05) is 25.3 Å². The SMILES string of the molecule is CN=C(NCCc1ccc(OC(C)C)cc1)Nc1ccc(OC)c(OC)c1.I. The molecule has 0 aromatic heterocycles. The molecule has 6 nitrogen and oxygen atoms in total. The molecule has 0 aliphatic carbocycles. The molecule has 0 fully saturated rings. The summed E-state index contributed by atoms with van der Waals surface area (Å²) in [5.74, 6) is 2.95. The Morgan fingerprint density at radius 3 is 2.25 bits per heavy atom. The zero-order valence-electron chi connectivity index (χ0n) is 17.1. The molecule has 0 amide bonds. The van der Waals surface area contributed by atoms with Gasteiger partial charge in [-0.1, -0.05) is 12.1 Å². The standard InChI is InChI=1S/C21H29N3O3.HI/c1-15(2)27-18-9-6-16(7-10-18)12-13-23-21(22-3)24-17-8-11-19(25-4)20(14-17)26-5;/h6-11,14-15H,12-13H2,1-5H3,(H2,22,23,24);1H. The minimum absolute atomic E-state index is 0. The van der Waals surface area contributed by atoms with Gasteiger partial charge in [0.1, 0.15) is 5.75 Å². The van der Waals surface area contributed by atoms with Crippen molar-refractivity contribution >= 4 is 35.6 Å². The number of aliphatic imine (C=N–C) groups is 1. The number of nitrogens with zero attached hydrogens (tertiary/aromatic N) is 1. The van der Waals surface area contributed by atoms with Gasteiger partial charge in [-0.25, -0.2) is 0 Å². The molecule has 2 rings (SSSR count). The van der Waals surface area contributed by atoms with E-state index >= 15 is 0 Å². The van der Waals surface area contributed by atoms with Crippen molar-refractivity contribution in [1.82, 2.24) is 5.32 Å². The second kappa shape index (κ2) is 12.3. The van der Waals surface area contributed by atoms with E-state index in [4.69, 9.17) is 14.2 Å². The van der Waals surface area contributed by atoms with Crippen LogP contribution in [0, 0.1) is 0 Å². The quantitative estimate of drug-likeness (QED) is 0.322. The third-order valence-electron chi connectivity index (χ3n) is 3.87. The van der Waals surface area contributed by atoms with E-state index in [0.29, 0.717) is 17.5 Å². The van der Waals surface area contributed by atoms with E-state index < -0.39 is 0 Å². The van der Waals surface area contributed by atoms with Gasteiger partial charge in [-0.05, 0) is 50.1 Å². The van der Waals surface area contributed by atoms with Crippen molar-refractivity contribution in [2.75, 3.05) is 33.1 Å². The van der Waals surface area contributed by atoms with E-state index in [0.717, 1.165) is 24.4 Å². The van der Waals surface area contributed by atoms with Crippen molar-refractivity contribution < 1.29 is 14.2 Å². The first-order chi connectivity index (χ1) is 13.0. The van der Waals surface area contributed by atoms with E-state index in [9.17, 15) is 0 Å². The second-order valence-electron chi connectivity index (χ2n) is 6.25. The molecule has 0 radical (unpaired) electrons. The van der Waals surface area contributed by atoms with Crippen molar-refractivity contribution in [2.24, 2.45) is 4.99 Å². The molecule has 0 heterocycles. The molecule has 0 aliphatic heterocycles. The minimum atomic E-state index is 0. The fourth-order valence-corrected chi connectivity index (χ4v) is 2.56. The molecule has 2 aromatic rings. The molecule has 0 saturated heterocycles. The largest absolute Gasteiger partial charge is 0.493 e. The molecule has 0 bridgehead atoms. The summed E-state index contributed by atoms with van der Waals surface area (Å²) >= 11 is 0. The number of hydrogen-bond acceptors (Lipinski definition) is 4. The molecular weight excluding hydrogens is 469 g/mol. The molecule has 0 saturated carbocycles. The molecule has 0 spiro atoms. The van der Waals surface area contributed by atoms with Crippen LogP contribution in [0.15, 0.2) is 47.5 Å². The first kappa shape index (κ1) is 23.9. The normalized spacial score (nSPS) is 10.9. The van der Waals surface area contributed by atoms with Crippen molar-refractivity contribution in [3.8, 4) is 17.2 Å². The van der Waals surface area contributed by atoms with E-state index in [-0.39, 0.29) is 30.1 Å². The maximum atomic E-state index is 5.67. The minimum Gasteiger partial charge on any atom is -0.493 e. The highest BCUT2D eigenvalue weighted by Crippen LogP contribution is 2.29. The van der Waals surface area contributed by atoms with Crippen LogP contribution in [-0.4, -0.2) is 39.9 Å². The van der Waals surface area contributed by atoms with Crippen LogP contribution in [0.4, 0.5) is 5.69 Å². The molecule has 0 unspecified atom stereocenters. The Balaban J connectivity index is 0.00000392. The summed E-state index contributed by atoms with van der Waals surface area (Å²) < 4.78 is 16.3. The monoisotopic (exact) mass is 499 g/mol. The summed E-state index contributed by atoms with van der Waals surface area (Å²) in [5.41, 5.74) is 2.11. The molecule has 7 heteroatoms. The Hall–Kier alpha value is -2.16. The number of guanidine groups is 1. The highest BCUT2D eigenvalue weighted by Gasteiger charge is 2.06. The van der Waals surface area contributed by atoms with Crippen LogP contribution in [0.1, 0.15) is 19.4 Å². The van der Waals surface area contributed by atoms with Crippen LogP contribution in [0.2, 0.25) is 0 Å². The van der Waals surface area contributed by atoms with Crippen molar-refractivity contribution in [3.63, 3.8) is 0 Å². The average Bonchev–Trinajstić information content (AvgIpc) is 2.67. The summed E-state index contributed by atoms with van der Waals surface area (Å²) in [6.45, 7) is 4.81. The maximum Gasteiger partial charge on any atom is 0.195 e. The molecule has 28 heavy (non-hydrogen) atoms. The molecule has 154 valence electrons. The Labute approximate surface area is 184 Å². The third kappa shape index (κ3) is 7.46. The molecule has 2 aromatic carbocycles.